The summed E-state index contributed by atoms with van der Waals surface area (Å²) in [5.41, 5.74) is 0. The van der Waals surface area contributed by atoms with Gasteiger partial charge in [-0.25, -0.2) is 0 Å². The molecule has 0 amide bonds. The lowest BCUT2D eigenvalue weighted by molar-refractivity contribution is 0.111. The summed E-state index contributed by atoms with van der Waals surface area (Å²) in [6.07, 6.45) is 9.92. The summed E-state index contributed by atoms with van der Waals surface area (Å²) in [4.78, 5) is 2.85. The highest BCUT2D eigenvalue weighted by atomic mass is 15.2. The molecule has 2 atom stereocenters. The molecule has 2 saturated carbocycles. The summed E-state index contributed by atoms with van der Waals surface area (Å²) in [7, 11) is 2.15. The fourth-order valence-electron chi connectivity index (χ4n) is 3.28. The second-order valence-corrected chi connectivity index (χ2v) is 6.40. The summed E-state index contributed by atoms with van der Waals surface area (Å²) in [5, 5.41) is 3.56. The van der Waals surface area contributed by atoms with Crippen LogP contribution in [-0.2, 0) is 0 Å². The monoisotopic (exact) mass is 238 g/mol. The largest absolute Gasteiger partial charge is 0.315 e. The van der Waals surface area contributed by atoms with Gasteiger partial charge < -0.3 is 5.32 Å². The van der Waals surface area contributed by atoms with Gasteiger partial charge in [-0.3, -0.25) is 4.90 Å². The Morgan fingerprint density at radius 1 is 1.12 bits per heavy atom. The van der Waals surface area contributed by atoms with Crippen molar-refractivity contribution in [3.63, 3.8) is 0 Å². The molecule has 2 fully saturated rings. The molecule has 2 rings (SSSR count). The van der Waals surface area contributed by atoms with E-state index in [1.165, 1.54) is 51.5 Å². The highest BCUT2D eigenvalue weighted by Crippen LogP contribution is 2.34. The van der Waals surface area contributed by atoms with Crippen molar-refractivity contribution in [3.05, 3.63) is 0 Å². The van der Waals surface area contributed by atoms with Gasteiger partial charge in [0.2, 0.25) is 0 Å². The van der Waals surface area contributed by atoms with Crippen molar-refractivity contribution in [2.24, 2.45) is 5.92 Å². The van der Waals surface area contributed by atoms with Gasteiger partial charge in [-0.15, -0.1) is 0 Å². The van der Waals surface area contributed by atoms with Gasteiger partial charge in [0.05, 0.1) is 0 Å². The summed E-state index contributed by atoms with van der Waals surface area (Å²) in [6, 6.07) is 2.49. The smallest absolute Gasteiger partial charge is 0.0252 e. The van der Waals surface area contributed by atoms with Crippen molar-refractivity contribution in [1.29, 1.82) is 0 Å². The minimum atomic E-state index is 0.747. The molecule has 0 aromatic rings. The summed E-state index contributed by atoms with van der Waals surface area (Å²) in [6.45, 7) is 6.02. The standard InChI is InChI=1S/C15H30N2/c1-12(2)10-11-17(13-8-9-13)15-7-5-4-6-14(15)16-3/h12-16H,4-11H2,1-3H3. The maximum absolute atomic E-state index is 3.56. The summed E-state index contributed by atoms with van der Waals surface area (Å²) < 4.78 is 0. The maximum Gasteiger partial charge on any atom is 0.0252 e. The lowest BCUT2D eigenvalue weighted by Gasteiger charge is -2.40. The number of nitrogens with zero attached hydrogens (tertiary/aromatic N) is 1. The molecule has 0 aromatic carbocycles. The second-order valence-electron chi connectivity index (χ2n) is 6.40. The van der Waals surface area contributed by atoms with Crippen LogP contribution in [0.1, 0.15) is 58.8 Å². The van der Waals surface area contributed by atoms with Crippen molar-refractivity contribution in [3.8, 4) is 0 Å². The minimum Gasteiger partial charge on any atom is -0.315 e. The van der Waals surface area contributed by atoms with Crippen LogP contribution in [0.15, 0.2) is 0 Å². The fourth-order valence-corrected chi connectivity index (χ4v) is 3.28. The number of hydrogen-bond donors (Lipinski definition) is 1. The van der Waals surface area contributed by atoms with Crippen molar-refractivity contribution in [2.75, 3.05) is 13.6 Å². The Morgan fingerprint density at radius 2 is 1.82 bits per heavy atom. The molecule has 0 aliphatic heterocycles. The SMILES string of the molecule is CNC1CCCCC1N(CCC(C)C)C1CC1. The molecule has 2 nitrogen and oxygen atoms in total. The van der Waals surface area contributed by atoms with E-state index in [0.29, 0.717) is 0 Å². The average Bonchev–Trinajstić information content (AvgIpc) is 3.14. The molecule has 2 aliphatic rings. The Bertz CT molecular complexity index is 223. The van der Waals surface area contributed by atoms with Crippen LogP contribution in [-0.4, -0.2) is 36.6 Å². The Morgan fingerprint density at radius 3 is 2.41 bits per heavy atom. The van der Waals surface area contributed by atoms with Crippen LogP contribution in [0.5, 0.6) is 0 Å². The van der Waals surface area contributed by atoms with Crippen LogP contribution in [0.25, 0.3) is 0 Å². The summed E-state index contributed by atoms with van der Waals surface area (Å²) in [5.74, 6) is 0.841. The van der Waals surface area contributed by atoms with Crippen LogP contribution >= 0.6 is 0 Å². The van der Waals surface area contributed by atoms with Gasteiger partial charge in [0.15, 0.2) is 0 Å². The third-order valence-electron chi connectivity index (χ3n) is 4.51. The van der Waals surface area contributed by atoms with Gasteiger partial charge in [-0.1, -0.05) is 26.7 Å². The maximum atomic E-state index is 3.56. The van der Waals surface area contributed by atoms with E-state index in [4.69, 9.17) is 0 Å². The zero-order valence-electron chi connectivity index (χ0n) is 11.9. The Labute approximate surface area is 107 Å². The van der Waals surface area contributed by atoms with E-state index in [-0.39, 0.29) is 0 Å². The molecule has 2 aliphatic carbocycles. The molecule has 0 heterocycles. The van der Waals surface area contributed by atoms with E-state index >= 15 is 0 Å². The normalized spacial score (nSPS) is 30.2. The van der Waals surface area contributed by atoms with E-state index < -0.39 is 0 Å². The van der Waals surface area contributed by atoms with E-state index in [1.807, 2.05) is 0 Å². The minimum absolute atomic E-state index is 0.747. The molecule has 0 spiro atoms. The highest BCUT2D eigenvalue weighted by Gasteiger charge is 2.37. The average molecular weight is 238 g/mol. The van der Waals surface area contributed by atoms with Gasteiger partial charge in [-0.2, -0.15) is 0 Å². The van der Waals surface area contributed by atoms with Crippen molar-refractivity contribution < 1.29 is 0 Å². The van der Waals surface area contributed by atoms with Gasteiger partial charge in [0.25, 0.3) is 0 Å². The molecular formula is C15H30N2. The van der Waals surface area contributed by atoms with Gasteiger partial charge in [-0.05, 0) is 51.6 Å². The first-order chi connectivity index (χ1) is 8.22. The Balaban J connectivity index is 1.93. The summed E-state index contributed by atoms with van der Waals surface area (Å²) >= 11 is 0. The molecule has 17 heavy (non-hydrogen) atoms. The third kappa shape index (κ3) is 3.69. The Hall–Kier alpha value is -0.0800. The molecule has 0 bridgehead atoms. The first-order valence-electron chi connectivity index (χ1n) is 7.65. The lowest BCUT2D eigenvalue weighted by Crippen LogP contribution is -2.52. The van der Waals surface area contributed by atoms with E-state index in [2.05, 4.69) is 31.1 Å². The predicted octanol–water partition coefficient (Wildman–Crippen LogP) is 3.03. The highest BCUT2D eigenvalue weighted by molar-refractivity contribution is 4.95. The van der Waals surface area contributed by atoms with Crippen LogP contribution in [0.2, 0.25) is 0 Å². The molecule has 2 unspecified atom stereocenters. The molecule has 0 radical (unpaired) electrons. The zero-order chi connectivity index (χ0) is 12.3. The zero-order valence-corrected chi connectivity index (χ0v) is 11.9. The number of nitrogens with one attached hydrogen (secondary N) is 1. The van der Waals surface area contributed by atoms with Gasteiger partial charge in [0.1, 0.15) is 0 Å². The molecule has 100 valence electrons. The Kier molecular flexibility index (Phi) is 4.87. The van der Waals surface area contributed by atoms with E-state index in [0.717, 1.165) is 24.0 Å². The molecule has 0 aromatic heterocycles. The molecular weight excluding hydrogens is 208 g/mol. The van der Waals surface area contributed by atoms with Crippen LogP contribution < -0.4 is 5.32 Å². The third-order valence-corrected chi connectivity index (χ3v) is 4.51. The fraction of sp³-hybridized carbons (Fsp3) is 1.00. The van der Waals surface area contributed by atoms with Gasteiger partial charge >= 0.3 is 0 Å². The van der Waals surface area contributed by atoms with Crippen LogP contribution in [0, 0.1) is 5.92 Å². The lowest BCUT2D eigenvalue weighted by atomic mass is 9.88. The first kappa shape index (κ1) is 13.4. The van der Waals surface area contributed by atoms with Crippen molar-refractivity contribution in [2.45, 2.75) is 76.9 Å². The molecule has 1 N–H and O–H groups in total. The number of rotatable bonds is 6. The van der Waals surface area contributed by atoms with E-state index in [9.17, 15) is 0 Å². The molecule has 2 heteroatoms. The van der Waals surface area contributed by atoms with Gasteiger partial charge in [0, 0.05) is 18.1 Å². The molecule has 0 saturated heterocycles. The number of hydrogen-bond acceptors (Lipinski definition) is 2. The van der Waals surface area contributed by atoms with E-state index in [1.54, 1.807) is 0 Å². The van der Waals surface area contributed by atoms with Crippen LogP contribution in [0.4, 0.5) is 0 Å². The second kappa shape index (κ2) is 6.19. The number of likely N-dealkylation sites (N-methyl/N-ethyl adjacent to an activating group) is 1. The van der Waals surface area contributed by atoms with Crippen LogP contribution in [0.3, 0.4) is 0 Å². The topological polar surface area (TPSA) is 15.3 Å². The van der Waals surface area contributed by atoms with Crippen molar-refractivity contribution >= 4 is 0 Å². The quantitative estimate of drug-likeness (QED) is 0.765. The predicted molar refractivity (Wildman–Crippen MR) is 74.3 cm³/mol. The van der Waals surface area contributed by atoms with Crippen molar-refractivity contribution in [1.82, 2.24) is 10.2 Å². The first-order valence-corrected chi connectivity index (χ1v) is 7.65.